The van der Waals surface area contributed by atoms with Crippen LogP contribution in [0.3, 0.4) is 0 Å². The van der Waals surface area contributed by atoms with Crippen LogP contribution in [0.25, 0.3) is 10.8 Å². The minimum atomic E-state index is -3.98. The first-order valence-electron chi connectivity index (χ1n) is 10.9. The van der Waals surface area contributed by atoms with E-state index in [1.54, 1.807) is 6.07 Å². The van der Waals surface area contributed by atoms with Gasteiger partial charge in [0.15, 0.2) is 0 Å². The monoisotopic (exact) mass is 466 g/mol. The van der Waals surface area contributed by atoms with Crippen LogP contribution < -0.4 is 20.1 Å². The van der Waals surface area contributed by atoms with Gasteiger partial charge in [0, 0.05) is 30.9 Å². The Morgan fingerprint density at radius 3 is 2.39 bits per heavy atom. The molecule has 0 amide bonds. The van der Waals surface area contributed by atoms with Gasteiger partial charge in [-0.2, -0.15) is 8.42 Å². The van der Waals surface area contributed by atoms with Crippen LogP contribution in [0.1, 0.15) is 17.5 Å². The molecule has 174 valence electrons. The Bertz CT molecular complexity index is 1260. The number of hydrogen-bond donors (Lipinski definition) is 3. The lowest BCUT2D eigenvalue weighted by Gasteiger charge is -2.25. The van der Waals surface area contributed by atoms with Crippen molar-refractivity contribution in [3.8, 4) is 0 Å². The van der Waals surface area contributed by atoms with E-state index in [2.05, 4.69) is 16.8 Å². The highest BCUT2D eigenvalue weighted by molar-refractivity contribution is 7.90. The van der Waals surface area contributed by atoms with Gasteiger partial charge >= 0.3 is 0 Å². The van der Waals surface area contributed by atoms with Crippen molar-refractivity contribution in [2.24, 2.45) is 10.9 Å². The maximum Gasteiger partial charge on any atom is 0.299 e. The number of hydrogen-bond acceptors (Lipinski definition) is 5. The van der Waals surface area contributed by atoms with Gasteiger partial charge in [-0.15, -0.1) is 0 Å². The van der Waals surface area contributed by atoms with E-state index in [0.29, 0.717) is 11.3 Å². The van der Waals surface area contributed by atoms with Crippen molar-refractivity contribution in [1.82, 2.24) is 4.90 Å². The fourth-order valence-corrected chi connectivity index (χ4v) is 4.94. The molecule has 0 spiro atoms. The van der Waals surface area contributed by atoms with Crippen LogP contribution in [-0.2, 0) is 16.8 Å². The minimum Gasteiger partial charge on any atom is -0.384 e. The summed E-state index contributed by atoms with van der Waals surface area (Å²) in [6.07, 6.45) is 1.09. The fraction of sp³-hybridized carbons (Fsp3) is 0.292. The van der Waals surface area contributed by atoms with Crippen LogP contribution >= 0.6 is 0 Å². The van der Waals surface area contributed by atoms with E-state index in [1.165, 1.54) is 4.31 Å². The Morgan fingerprint density at radius 2 is 1.70 bits per heavy atom. The van der Waals surface area contributed by atoms with E-state index in [1.807, 2.05) is 54.6 Å². The van der Waals surface area contributed by atoms with Crippen molar-refractivity contribution >= 4 is 38.2 Å². The zero-order chi connectivity index (χ0) is 23.6. The Labute approximate surface area is 195 Å². The largest absolute Gasteiger partial charge is 0.384 e. The number of nitrogen functional groups attached to an aromatic ring is 1. The zero-order valence-corrected chi connectivity index (χ0v) is 19.6. The molecular weight excluding hydrogens is 436 g/mol. The summed E-state index contributed by atoms with van der Waals surface area (Å²) < 4.78 is 26.1. The predicted octanol–water partition coefficient (Wildman–Crippen LogP) is 2.48. The maximum atomic E-state index is 12.5. The molecule has 1 heterocycles. The lowest BCUT2D eigenvalue weighted by molar-refractivity contribution is 0.360. The highest BCUT2D eigenvalue weighted by Gasteiger charge is 2.20. The maximum absolute atomic E-state index is 12.5. The third-order valence-electron chi connectivity index (χ3n) is 6.07. The first-order chi connectivity index (χ1) is 15.7. The molecule has 9 heteroatoms. The SMILES string of the molecule is CN1CCCN(c2ccc(N(Cc3ccc4ccc(C(=N)N)cc4c3)S(N)(=O)=O)cc2)CC1. The van der Waals surface area contributed by atoms with Crippen LogP contribution in [-0.4, -0.2) is 52.4 Å². The minimum absolute atomic E-state index is 0.00962. The second kappa shape index (κ2) is 9.38. The molecule has 3 aromatic rings. The van der Waals surface area contributed by atoms with Crippen LogP contribution in [0, 0.1) is 5.41 Å². The molecule has 0 unspecified atom stereocenters. The lowest BCUT2D eigenvalue weighted by Crippen LogP contribution is -2.36. The molecule has 1 aliphatic heterocycles. The van der Waals surface area contributed by atoms with Crippen molar-refractivity contribution in [3.05, 3.63) is 71.8 Å². The number of amidine groups is 1. The van der Waals surface area contributed by atoms with E-state index >= 15 is 0 Å². The van der Waals surface area contributed by atoms with Gasteiger partial charge in [-0.05, 0) is 72.7 Å². The number of nitrogens with two attached hydrogens (primary N) is 2. The Kier molecular flexibility index (Phi) is 6.55. The summed E-state index contributed by atoms with van der Waals surface area (Å²) in [6.45, 7) is 4.09. The Morgan fingerprint density at radius 1 is 0.970 bits per heavy atom. The summed E-state index contributed by atoms with van der Waals surface area (Å²) in [7, 11) is -1.85. The fourth-order valence-electron chi connectivity index (χ4n) is 4.19. The molecular formula is C24H30N6O2S. The van der Waals surface area contributed by atoms with Gasteiger partial charge in [-0.1, -0.05) is 24.3 Å². The van der Waals surface area contributed by atoms with Crippen molar-refractivity contribution < 1.29 is 8.42 Å². The van der Waals surface area contributed by atoms with Gasteiger partial charge in [-0.25, -0.2) is 5.14 Å². The number of nitrogens with zero attached hydrogens (tertiary/aromatic N) is 3. The molecule has 0 radical (unpaired) electrons. The number of benzene rings is 3. The van der Waals surface area contributed by atoms with Crippen molar-refractivity contribution in [3.63, 3.8) is 0 Å². The van der Waals surface area contributed by atoms with Gasteiger partial charge in [0.1, 0.15) is 5.84 Å². The third-order valence-corrected chi connectivity index (χ3v) is 7.03. The smallest absolute Gasteiger partial charge is 0.299 e. The molecule has 1 saturated heterocycles. The molecule has 5 N–H and O–H groups in total. The van der Waals surface area contributed by atoms with Crippen LogP contribution in [0.4, 0.5) is 11.4 Å². The summed E-state index contributed by atoms with van der Waals surface area (Å²) >= 11 is 0. The highest BCUT2D eigenvalue weighted by Crippen LogP contribution is 2.26. The highest BCUT2D eigenvalue weighted by atomic mass is 32.2. The second-order valence-electron chi connectivity index (χ2n) is 8.52. The van der Waals surface area contributed by atoms with E-state index in [4.69, 9.17) is 16.3 Å². The molecule has 0 bridgehead atoms. The summed E-state index contributed by atoms with van der Waals surface area (Å²) in [5.41, 5.74) is 8.62. The molecule has 1 aliphatic rings. The van der Waals surface area contributed by atoms with Gasteiger partial charge in [0.2, 0.25) is 0 Å². The summed E-state index contributed by atoms with van der Waals surface area (Å²) in [5.74, 6) is -0.00962. The van der Waals surface area contributed by atoms with E-state index in [9.17, 15) is 8.42 Å². The van der Waals surface area contributed by atoms with E-state index < -0.39 is 10.2 Å². The second-order valence-corrected chi connectivity index (χ2v) is 9.99. The zero-order valence-electron chi connectivity index (χ0n) is 18.7. The first-order valence-corrected chi connectivity index (χ1v) is 12.4. The van der Waals surface area contributed by atoms with Gasteiger partial charge in [0.05, 0.1) is 12.2 Å². The Hall–Kier alpha value is -3.14. The molecule has 4 rings (SSSR count). The van der Waals surface area contributed by atoms with Crippen molar-refractivity contribution in [1.29, 1.82) is 5.41 Å². The topological polar surface area (TPSA) is 120 Å². The van der Waals surface area contributed by atoms with Gasteiger partial charge in [0.25, 0.3) is 10.2 Å². The number of anilines is 2. The van der Waals surface area contributed by atoms with Crippen molar-refractivity contribution in [2.45, 2.75) is 13.0 Å². The number of likely N-dealkylation sites (N-methyl/N-ethyl adjacent to an activating group) is 1. The quantitative estimate of drug-likeness (QED) is 0.381. The van der Waals surface area contributed by atoms with Crippen molar-refractivity contribution in [2.75, 3.05) is 42.4 Å². The van der Waals surface area contributed by atoms with E-state index in [-0.39, 0.29) is 12.4 Å². The molecule has 0 aliphatic carbocycles. The summed E-state index contributed by atoms with van der Waals surface area (Å²) in [4.78, 5) is 4.64. The molecule has 0 atom stereocenters. The molecule has 0 aromatic heterocycles. The number of nitrogens with one attached hydrogen (secondary N) is 1. The molecule has 8 nitrogen and oxygen atoms in total. The lowest BCUT2D eigenvalue weighted by atomic mass is 10.0. The Balaban J connectivity index is 1.59. The molecule has 1 fully saturated rings. The van der Waals surface area contributed by atoms with Crippen LogP contribution in [0.5, 0.6) is 0 Å². The molecule has 3 aromatic carbocycles. The number of rotatable bonds is 6. The van der Waals surface area contributed by atoms with Crippen LogP contribution in [0.15, 0.2) is 60.7 Å². The standard InChI is InChI=1S/C24H30N6O2S/c1-28-11-2-12-29(14-13-28)22-7-9-23(10-8-22)30(33(27,31)32)17-18-3-4-19-5-6-20(24(25)26)16-21(19)15-18/h3-10,15-16H,2,11-14,17H2,1H3,(H3,25,26)(H2,27,31,32). The summed E-state index contributed by atoms with van der Waals surface area (Å²) in [6, 6.07) is 18.8. The van der Waals surface area contributed by atoms with Gasteiger partial charge < -0.3 is 15.5 Å². The predicted molar refractivity (Wildman–Crippen MR) is 135 cm³/mol. The third kappa shape index (κ3) is 5.44. The average Bonchev–Trinajstić information content (AvgIpc) is 3.00. The van der Waals surface area contributed by atoms with Gasteiger partial charge in [-0.3, -0.25) is 9.71 Å². The summed E-state index contributed by atoms with van der Waals surface area (Å²) in [5, 5.41) is 15.1. The number of fused-ring (bicyclic) bond motifs is 1. The van der Waals surface area contributed by atoms with Crippen LogP contribution in [0.2, 0.25) is 0 Å². The molecule has 33 heavy (non-hydrogen) atoms. The van der Waals surface area contributed by atoms with E-state index in [0.717, 1.165) is 54.6 Å². The first kappa shape index (κ1) is 23.0. The normalized spacial score (nSPS) is 15.4. The molecule has 0 saturated carbocycles. The average molecular weight is 467 g/mol.